The quantitative estimate of drug-likeness (QED) is 0.100. The minimum Gasteiger partial charge on any atom is -0.480 e. The number of hydrogen-bond acceptors (Lipinski definition) is 17. The Morgan fingerprint density at radius 3 is 1.14 bits per heavy atom. The average molecular weight is 895 g/mol. The molecule has 0 saturated carbocycles. The molecule has 0 aliphatic carbocycles. The van der Waals surface area contributed by atoms with Gasteiger partial charge in [0.05, 0.1) is 36.0 Å². The number of carbonyl (C=O) groups is 3. The van der Waals surface area contributed by atoms with Crippen molar-refractivity contribution in [2.24, 2.45) is 0 Å². The van der Waals surface area contributed by atoms with E-state index in [0.29, 0.717) is 47.9 Å². The third kappa shape index (κ3) is 20.3. The highest BCUT2D eigenvalue weighted by atomic mass is 35.5. The zero-order valence-corrected chi connectivity index (χ0v) is 36.0. The Labute approximate surface area is 362 Å². The summed E-state index contributed by atoms with van der Waals surface area (Å²) in [5.74, 6) is -0.448. The molecule has 4 aromatic rings. The standard InChI is InChI=1S/C13H17N3O2.C11H13N3O2.C9H11Cl2N3O2.C4H3Cl2N3/c1-5-10-8-11(6-2)15-13(14-10)16(4)9-12(17)18-7-3;1-4-8-6-9(5-2)13-11(12-8)14(3)7-10(15)16;1-3-16-8(15)5-14(2)9-12-6(10)4-7(11)13-9;5-2-1-3(6)9-4(7)8-2/h5-6,8H,1-2,7,9H2,3-4H3;4-6H,1-2,7H2,3H3,(H,15,16);4H,3,5H2,1-2H3;1H,(H2,7,8,9). The van der Waals surface area contributed by atoms with Crippen LogP contribution in [0.25, 0.3) is 24.3 Å². The predicted octanol–water partition coefficient (Wildman–Crippen LogP) is 6.19. The molecule has 4 rings (SSSR count). The fourth-order valence-corrected chi connectivity index (χ4v) is 4.73. The lowest BCUT2D eigenvalue weighted by Crippen LogP contribution is -2.28. The number of nitrogens with zero attached hydrogens (tertiary/aromatic N) is 11. The summed E-state index contributed by atoms with van der Waals surface area (Å²) in [6.45, 7) is 18.7. The van der Waals surface area contributed by atoms with E-state index in [2.05, 4.69) is 66.2 Å². The minimum atomic E-state index is -0.935. The molecule has 0 aliphatic heterocycles. The molecule has 316 valence electrons. The number of carboxylic acid groups (broad SMARTS) is 1. The molecular weight excluding hydrogens is 850 g/mol. The van der Waals surface area contributed by atoms with Crippen LogP contribution in [0.5, 0.6) is 0 Å². The second-order valence-electron chi connectivity index (χ2n) is 11.1. The Balaban J connectivity index is 0.000000402. The summed E-state index contributed by atoms with van der Waals surface area (Å²) in [5.41, 5.74) is 7.81. The molecule has 4 aromatic heterocycles. The van der Waals surface area contributed by atoms with E-state index in [1.165, 1.54) is 21.9 Å². The van der Waals surface area contributed by atoms with Crippen molar-refractivity contribution in [2.45, 2.75) is 13.8 Å². The lowest BCUT2D eigenvalue weighted by atomic mass is 10.3. The van der Waals surface area contributed by atoms with Crippen LogP contribution in [0.4, 0.5) is 23.8 Å². The zero-order chi connectivity index (χ0) is 44.7. The van der Waals surface area contributed by atoms with Crippen LogP contribution in [-0.2, 0) is 23.9 Å². The molecular formula is C37H44Cl4N12O6. The number of ether oxygens (including phenoxy) is 2. The van der Waals surface area contributed by atoms with Gasteiger partial charge in [0, 0.05) is 33.3 Å². The highest BCUT2D eigenvalue weighted by Crippen LogP contribution is 2.17. The zero-order valence-electron chi connectivity index (χ0n) is 33.0. The van der Waals surface area contributed by atoms with Crippen LogP contribution in [0.1, 0.15) is 36.6 Å². The van der Waals surface area contributed by atoms with Gasteiger partial charge in [-0.15, -0.1) is 0 Å². The Kier molecular flexibility index (Phi) is 23.3. The number of rotatable bonds is 15. The molecule has 3 N–H and O–H groups in total. The maximum Gasteiger partial charge on any atom is 0.325 e. The van der Waals surface area contributed by atoms with Crippen LogP contribution in [-0.4, -0.2) is 117 Å². The smallest absolute Gasteiger partial charge is 0.325 e. The molecule has 0 unspecified atom stereocenters. The second-order valence-corrected chi connectivity index (χ2v) is 12.7. The topological polar surface area (TPSA) is 229 Å². The third-order valence-corrected chi connectivity index (χ3v) is 7.19. The molecule has 0 aromatic carbocycles. The van der Waals surface area contributed by atoms with Gasteiger partial charge in [-0.1, -0.05) is 72.7 Å². The third-order valence-electron chi connectivity index (χ3n) is 6.42. The number of carbonyl (C=O) groups excluding carboxylic acids is 2. The molecule has 18 nitrogen and oxygen atoms in total. The van der Waals surface area contributed by atoms with Crippen molar-refractivity contribution in [3.8, 4) is 0 Å². The van der Waals surface area contributed by atoms with Gasteiger partial charge in [-0.25, -0.2) is 39.9 Å². The lowest BCUT2D eigenvalue weighted by Gasteiger charge is -2.16. The number of nitrogens with two attached hydrogens (primary N) is 1. The number of hydrogen-bond donors (Lipinski definition) is 2. The van der Waals surface area contributed by atoms with E-state index < -0.39 is 5.97 Å². The van der Waals surface area contributed by atoms with Gasteiger partial charge in [-0.3, -0.25) is 14.4 Å². The lowest BCUT2D eigenvalue weighted by molar-refractivity contribution is -0.142. The van der Waals surface area contributed by atoms with E-state index in [1.54, 1.807) is 76.3 Å². The summed E-state index contributed by atoms with van der Waals surface area (Å²) >= 11 is 22.3. The Hall–Kier alpha value is -5.95. The van der Waals surface area contributed by atoms with E-state index in [-0.39, 0.29) is 64.1 Å². The van der Waals surface area contributed by atoms with Gasteiger partial charge < -0.3 is 35.0 Å². The van der Waals surface area contributed by atoms with E-state index in [0.717, 1.165) is 0 Å². The summed E-state index contributed by atoms with van der Waals surface area (Å²) in [6.07, 6.45) is 6.40. The normalized spacial score (nSPS) is 9.71. The fourth-order valence-electron chi connectivity index (χ4n) is 3.88. The van der Waals surface area contributed by atoms with Gasteiger partial charge in [0.25, 0.3) is 0 Å². The van der Waals surface area contributed by atoms with Crippen LogP contribution < -0.4 is 20.4 Å². The molecule has 0 spiro atoms. The number of anilines is 4. The fraction of sp³-hybridized carbons (Fsp3) is 0.270. The summed E-state index contributed by atoms with van der Waals surface area (Å²) < 4.78 is 9.66. The molecule has 4 heterocycles. The van der Waals surface area contributed by atoms with E-state index >= 15 is 0 Å². The van der Waals surface area contributed by atoms with Crippen molar-refractivity contribution >= 4 is 112 Å². The number of halogens is 4. The van der Waals surface area contributed by atoms with Gasteiger partial charge >= 0.3 is 17.9 Å². The molecule has 0 atom stereocenters. The summed E-state index contributed by atoms with van der Waals surface area (Å²) in [7, 11) is 4.99. The molecule has 22 heteroatoms. The molecule has 0 fully saturated rings. The molecule has 0 amide bonds. The molecule has 59 heavy (non-hydrogen) atoms. The number of likely N-dealkylation sites (N-methyl/N-ethyl adjacent to an activating group) is 3. The number of aliphatic carboxylic acids is 1. The van der Waals surface area contributed by atoms with Crippen molar-refractivity contribution in [2.75, 3.05) is 74.4 Å². The first-order valence-corrected chi connectivity index (χ1v) is 18.5. The summed E-state index contributed by atoms with van der Waals surface area (Å²) in [6, 6.07) is 6.32. The maximum absolute atomic E-state index is 11.4. The first kappa shape index (κ1) is 51.1. The maximum atomic E-state index is 11.4. The first-order valence-electron chi connectivity index (χ1n) is 17.0. The second kappa shape index (κ2) is 26.9. The van der Waals surface area contributed by atoms with Gasteiger partial charge in [-0.2, -0.15) is 0 Å². The Morgan fingerprint density at radius 1 is 0.576 bits per heavy atom. The number of carboxylic acids is 1. The van der Waals surface area contributed by atoms with Crippen LogP contribution in [0, 0.1) is 0 Å². The van der Waals surface area contributed by atoms with Gasteiger partial charge in [-0.05, 0) is 50.3 Å². The number of esters is 2. The van der Waals surface area contributed by atoms with Crippen LogP contribution in [0.3, 0.4) is 0 Å². The average Bonchev–Trinajstić information content (AvgIpc) is 3.17. The highest BCUT2D eigenvalue weighted by molar-refractivity contribution is 6.33. The van der Waals surface area contributed by atoms with Crippen LogP contribution >= 0.6 is 46.4 Å². The minimum absolute atomic E-state index is 0.0461. The monoisotopic (exact) mass is 892 g/mol. The van der Waals surface area contributed by atoms with Crippen LogP contribution in [0.2, 0.25) is 20.6 Å². The largest absolute Gasteiger partial charge is 0.480 e. The Bertz CT molecular complexity index is 1960. The van der Waals surface area contributed by atoms with E-state index in [9.17, 15) is 14.4 Å². The molecule has 0 saturated heterocycles. The number of aromatic nitrogens is 8. The van der Waals surface area contributed by atoms with Gasteiger partial charge in [0.1, 0.15) is 40.2 Å². The van der Waals surface area contributed by atoms with Crippen molar-refractivity contribution in [3.63, 3.8) is 0 Å². The van der Waals surface area contributed by atoms with Crippen molar-refractivity contribution in [1.82, 2.24) is 39.9 Å². The van der Waals surface area contributed by atoms with Crippen LogP contribution in [0.15, 0.2) is 50.6 Å². The first-order chi connectivity index (χ1) is 27.9. The Morgan fingerprint density at radius 2 is 0.864 bits per heavy atom. The summed E-state index contributed by atoms with van der Waals surface area (Å²) in [5, 5.41) is 9.63. The van der Waals surface area contributed by atoms with Gasteiger partial charge in [0.15, 0.2) is 0 Å². The molecule has 0 aliphatic rings. The van der Waals surface area contributed by atoms with E-state index in [1.807, 2.05) is 0 Å². The molecule has 0 bridgehead atoms. The van der Waals surface area contributed by atoms with Crippen molar-refractivity contribution < 1.29 is 29.0 Å². The van der Waals surface area contributed by atoms with Crippen molar-refractivity contribution in [1.29, 1.82) is 0 Å². The summed E-state index contributed by atoms with van der Waals surface area (Å²) in [4.78, 5) is 69.5. The SMILES string of the molecule is C=Cc1cc(C=C)nc(N(C)CC(=O)O)n1.C=Cc1cc(C=C)nc(N(C)CC(=O)OCC)n1.CCOC(=O)CN(C)c1nc(Cl)cc(Cl)n1.Nc1nc(Cl)cc(Cl)n1. The van der Waals surface area contributed by atoms with E-state index in [4.69, 9.17) is 66.7 Å². The number of nitrogen functional groups attached to an aromatic ring is 1. The molecule has 0 radical (unpaired) electrons. The van der Waals surface area contributed by atoms with Crippen molar-refractivity contribution in [3.05, 3.63) is 94.0 Å². The van der Waals surface area contributed by atoms with Gasteiger partial charge in [0.2, 0.25) is 23.8 Å². The highest BCUT2D eigenvalue weighted by Gasteiger charge is 2.14. The predicted molar refractivity (Wildman–Crippen MR) is 234 cm³/mol.